The Kier molecular flexibility index (Phi) is 1.25. The van der Waals surface area contributed by atoms with Crippen LogP contribution in [0.15, 0.2) is 11.0 Å². The van der Waals surface area contributed by atoms with Crippen LogP contribution in [0.1, 0.15) is 0 Å². The van der Waals surface area contributed by atoms with Crippen LogP contribution in [0.2, 0.25) is 0 Å². The minimum absolute atomic E-state index is 0.0185. The quantitative estimate of drug-likeness (QED) is 0.308. The highest BCUT2D eigenvalue weighted by molar-refractivity contribution is 5.49. The van der Waals surface area contributed by atoms with Crippen molar-refractivity contribution in [2.75, 3.05) is 0 Å². The van der Waals surface area contributed by atoms with Gasteiger partial charge in [-0.3, -0.25) is 16.5 Å². The lowest BCUT2D eigenvalue weighted by Crippen LogP contribution is -2.02. The van der Waals surface area contributed by atoms with Gasteiger partial charge in [0.1, 0.15) is 0 Å². The number of hydrogen-bond acceptors (Lipinski definition) is 5. The standard InChI is InChI=1S/C3HN3O.H4N2/c7-3-2-1-4-5-6(2)3;1-2/h1H;1-2H2. The summed E-state index contributed by atoms with van der Waals surface area (Å²) in [5.41, 5.74) is 0.593. The third-order valence-electron chi connectivity index (χ3n) is 0.911. The number of hydrazine groups is 1. The maximum atomic E-state index is 10.2. The molecule has 0 fully saturated rings. The van der Waals surface area contributed by atoms with E-state index < -0.39 is 0 Å². The normalized spacial score (nSPS) is 9.56. The highest BCUT2D eigenvalue weighted by Gasteiger charge is 2.11. The molecule has 0 aromatic carbocycles. The van der Waals surface area contributed by atoms with E-state index in [2.05, 4.69) is 22.0 Å². The van der Waals surface area contributed by atoms with Gasteiger partial charge in [-0.05, 0) is 0 Å². The number of hydrogen-bond donors (Lipinski definition) is 2. The van der Waals surface area contributed by atoms with E-state index in [-0.39, 0.29) is 5.56 Å². The minimum Gasteiger partial charge on any atom is -0.274 e. The van der Waals surface area contributed by atoms with Crippen molar-refractivity contribution >= 4 is 5.52 Å². The van der Waals surface area contributed by atoms with E-state index in [0.29, 0.717) is 5.52 Å². The third-order valence-corrected chi connectivity index (χ3v) is 0.911. The first-order valence-electron chi connectivity index (χ1n) is 2.18. The Bertz CT molecular complexity index is 275. The first-order valence-corrected chi connectivity index (χ1v) is 2.18. The van der Waals surface area contributed by atoms with Gasteiger partial charge in [0.25, 0.3) is 0 Å². The molecule has 48 valence electrons. The van der Waals surface area contributed by atoms with E-state index in [1.54, 1.807) is 0 Å². The Balaban J connectivity index is 0.000000186. The number of aromatic nitrogens is 3. The molecule has 0 saturated heterocycles. The first-order chi connectivity index (χ1) is 4.39. The fraction of sp³-hybridized carbons (Fsp3) is 0. The van der Waals surface area contributed by atoms with Crippen LogP contribution in [-0.4, -0.2) is 14.8 Å². The molecule has 2 rings (SSSR count). The number of nitrogens with zero attached hydrogens (tertiary/aromatic N) is 3. The highest BCUT2D eigenvalue weighted by Crippen LogP contribution is 1.90. The molecule has 0 aliphatic heterocycles. The summed E-state index contributed by atoms with van der Waals surface area (Å²) in [5, 5.41) is 6.84. The molecule has 2 aromatic heterocycles. The topological polar surface area (TPSA) is 99.3 Å². The van der Waals surface area contributed by atoms with Crippen molar-refractivity contribution < 1.29 is 0 Å². The molecule has 9 heavy (non-hydrogen) atoms. The maximum Gasteiger partial charge on any atom is 0.300 e. The lowest BCUT2D eigenvalue weighted by molar-refractivity contribution is 0.882. The molecule has 0 amide bonds. The maximum absolute atomic E-state index is 10.2. The average molecular weight is 127 g/mol. The van der Waals surface area contributed by atoms with Crippen molar-refractivity contribution in [1.29, 1.82) is 0 Å². The van der Waals surface area contributed by atoms with Crippen LogP contribution < -0.4 is 17.2 Å². The lowest BCUT2D eigenvalue weighted by atomic mass is 10.8. The first kappa shape index (κ1) is 5.86. The molecule has 2 aromatic rings. The van der Waals surface area contributed by atoms with Gasteiger partial charge in [-0.25, -0.2) is 0 Å². The molecule has 0 radical (unpaired) electrons. The second kappa shape index (κ2) is 1.92. The second-order valence-electron chi connectivity index (χ2n) is 1.34. The summed E-state index contributed by atoms with van der Waals surface area (Å²) in [5.74, 6) is 8.00. The van der Waals surface area contributed by atoms with Gasteiger partial charge in [0.05, 0.1) is 6.20 Å². The molecule has 0 bridgehead atoms. The number of rotatable bonds is 0. The van der Waals surface area contributed by atoms with Crippen molar-refractivity contribution in [3.05, 3.63) is 16.6 Å². The highest BCUT2D eigenvalue weighted by atomic mass is 16.1. The van der Waals surface area contributed by atoms with Crippen molar-refractivity contribution in [3.63, 3.8) is 0 Å². The van der Waals surface area contributed by atoms with E-state index in [9.17, 15) is 4.79 Å². The fourth-order valence-electron chi connectivity index (χ4n) is 0.484. The van der Waals surface area contributed by atoms with Gasteiger partial charge in [0.15, 0.2) is 5.52 Å². The Morgan fingerprint density at radius 3 is 2.44 bits per heavy atom. The Hall–Kier alpha value is -1.27. The van der Waals surface area contributed by atoms with Crippen LogP contribution >= 0.6 is 0 Å². The number of fused-ring (bicyclic) bond motifs is 1. The van der Waals surface area contributed by atoms with Gasteiger partial charge in [0.2, 0.25) is 0 Å². The summed E-state index contributed by atoms with van der Waals surface area (Å²) in [7, 11) is 0. The van der Waals surface area contributed by atoms with E-state index in [4.69, 9.17) is 0 Å². The summed E-state index contributed by atoms with van der Waals surface area (Å²) in [4.78, 5) is 10.2. The second-order valence-corrected chi connectivity index (χ2v) is 1.34. The van der Waals surface area contributed by atoms with Gasteiger partial charge in [-0.2, -0.15) is 4.52 Å². The van der Waals surface area contributed by atoms with Gasteiger partial charge >= 0.3 is 5.56 Å². The van der Waals surface area contributed by atoms with Crippen LogP contribution in [0.5, 0.6) is 0 Å². The molecule has 0 spiro atoms. The fourth-order valence-corrected chi connectivity index (χ4v) is 0.484. The summed E-state index contributed by atoms with van der Waals surface area (Å²) in [6, 6.07) is 0. The van der Waals surface area contributed by atoms with Gasteiger partial charge in [-0.1, -0.05) is 5.21 Å². The summed E-state index contributed by atoms with van der Waals surface area (Å²) >= 11 is 0. The molecule has 4 N–H and O–H groups in total. The van der Waals surface area contributed by atoms with Crippen molar-refractivity contribution in [2.24, 2.45) is 11.7 Å². The zero-order valence-electron chi connectivity index (χ0n) is 4.48. The smallest absolute Gasteiger partial charge is 0.274 e. The predicted octanol–water partition coefficient (Wildman–Crippen LogP) is -2.22. The largest absolute Gasteiger partial charge is 0.300 e. The Morgan fingerprint density at radius 1 is 1.56 bits per heavy atom. The van der Waals surface area contributed by atoms with Gasteiger partial charge < -0.3 is 0 Å². The van der Waals surface area contributed by atoms with Crippen LogP contribution in [0.3, 0.4) is 0 Å². The monoisotopic (exact) mass is 127 g/mol. The van der Waals surface area contributed by atoms with E-state index in [0.717, 1.165) is 0 Å². The van der Waals surface area contributed by atoms with Crippen LogP contribution in [0.25, 0.3) is 5.52 Å². The van der Waals surface area contributed by atoms with E-state index in [1.807, 2.05) is 0 Å². The van der Waals surface area contributed by atoms with Crippen molar-refractivity contribution in [2.45, 2.75) is 0 Å². The predicted molar refractivity (Wildman–Crippen MR) is 30.0 cm³/mol. The average Bonchev–Trinajstić information content (AvgIpc) is 2.36. The van der Waals surface area contributed by atoms with Gasteiger partial charge in [-0.15, -0.1) is 5.10 Å². The van der Waals surface area contributed by atoms with E-state index in [1.165, 1.54) is 10.7 Å². The Labute approximate surface area is 49.7 Å². The lowest BCUT2D eigenvalue weighted by Gasteiger charge is -1.51. The van der Waals surface area contributed by atoms with E-state index >= 15 is 0 Å². The minimum atomic E-state index is -0.0185. The van der Waals surface area contributed by atoms with Crippen molar-refractivity contribution in [3.8, 4) is 0 Å². The van der Waals surface area contributed by atoms with Crippen LogP contribution in [0, 0.1) is 0 Å². The molecular formula is C3H5N5O. The molecule has 0 atom stereocenters. The molecule has 0 aliphatic rings. The van der Waals surface area contributed by atoms with Crippen molar-refractivity contribution in [1.82, 2.24) is 14.8 Å². The van der Waals surface area contributed by atoms with Crippen LogP contribution in [-0.2, 0) is 0 Å². The summed E-state index contributed by atoms with van der Waals surface area (Å²) in [6.45, 7) is 0. The molecule has 6 nitrogen and oxygen atoms in total. The van der Waals surface area contributed by atoms with Gasteiger partial charge in [0, 0.05) is 0 Å². The van der Waals surface area contributed by atoms with Crippen LogP contribution in [0.4, 0.5) is 0 Å². The molecule has 0 saturated carbocycles. The zero-order chi connectivity index (χ0) is 6.85. The molecule has 2 heterocycles. The molecular weight excluding hydrogens is 122 g/mol. The summed E-state index contributed by atoms with van der Waals surface area (Å²) in [6.07, 6.45) is 1.45. The zero-order valence-corrected chi connectivity index (χ0v) is 4.48. The SMILES string of the molecule is NN.O=c1c2cnnn12. The molecule has 6 heteroatoms. The molecule has 0 unspecified atom stereocenters. The summed E-state index contributed by atoms with van der Waals surface area (Å²) < 4.78 is 1.25. The third kappa shape index (κ3) is 0.694. The molecule has 0 aliphatic carbocycles. The number of nitrogens with two attached hydrogens (primary N) is 2. The Morgan fingerprint density at radius 2 is 2.22 bits per heavy atom.